The van der Waals surface area contributed by atoms with Crippen molar-refractivity contribution in [3.05, 3.63) is 77.5 Å². The zero-order chi connectivity index (χ0) is 19.2. The van der Waals surface area contributed by atoms with Crippen molar-refractivity contribution in [2.75, 3.05) is 11.6 Å². The van der Waals surface area contributed by atoms with Gasteiger partial charge in [-0.25, -0.2) is 4.98 Å². The molecule has 0 spiro atoms. The number of benzene rings is 2. The molecule has 0 saturated heterocycles. The molecule has 1 amide bonds. The summed E-state index contributed by atoms with van der Waals surface area (Å²) in [4.78, 5) is 17.6. The van der Waals surface area contributed by atoms with E-state index in [2.05, 4.69) is 10.3 Å². The molecule has 134 valence electrons. The van der Waals surface area contributed by atoms with Crippen molar-refractivity contribution >= 4 is 23.4 Å². The fourth-order valence-electron chi connectivity index (χ4n) is 2.45. The van der Waals surface area contributed by atoms with Crippen molar-refractivity contribution < 1.29 is 9.53 Å². The van der Waals surface area contributed by atoms with E-state index in [9.17, 15) is 4.79 Å². The summed E-state index contributed by atoms with van der Waals surface area (Å²) >= 11 is 1.63. The number of aromatic nitrogens is 1. The SMILES string of the molecule is CSc1ccc(C(=O)Nc2ccc(Oc3ncccc3C#N)cc2C)cc1. The Bertz CT molecular complexity index is 1010. The van der Waals surface area contributed by atoms with Gasteiger partial charge >= 0.3 is 0 Å². The van der Waals surface area contributed by atoms with Gasteiger partial charge in [-0.15, -0.1) is 11.8 Å². The molecule has 0 radical (unpaired) electrons. The maximum absolute atomic E-state index is 12.4. The number of amides is 1. The first-order valence-electron chi connectivity index (χ1n) is 8.19. The Kier molecular flexibility index (Phi) is 5.74. The average Bonchev–Trinajstić information content (AvgIpc) is 2.70. The molecule has 5 nitrogen and oxygen atoms in total. The second-order valence-corrected chi connectivity index (χ2v) is 6.61. The molecule has 3 rings (SSSR count). The Morgan fingerprint density at radius 2 is 1.96 bits per heavy atom. The number of nitrogens with one attached hydrogen (secondary N) is 1. The highest BCUT2D eigenvalue weighted by Crippen LogP contribution is 2.27. The summed E-state index contributed by atoms with van der Waals surface area (Å²) in [5.74, 6) is 0.631. The molecule has 0 atom stereocenters. The number of pyridine rings is 1. The van der Waals surface area contributed by atoms with E-state index in [1.54, 1.807) is 60.4 Å². The van der Waals surface area contributed by atoms with Gasteiger partial charge in [0, 0.05) is 22.3 Å². The van der Waals surface area contributed by atoms with Crippen molar-refractivity contribution in [2.24, 2.45) is 0 Å². The molecule has 2 aromatic carbocycles. The van der Waals surface area contributed by atoms with Gasteiger partial charge in [-0.2, -0.15) is 5.26 Å². The molecule has 1 N–H and O–H groups in total. The van der Waals surface area contributed by atoms with Crippen molar-refractivity contribution in [2.45, 2.75) is 11.8 Å². The standard InChI is InChI=1S/C21H17N3O2S/c1-14-12-17(26-21-16(13-22)4-3-11-23-21)7-10-19(14)24-20(25)15-5-8-18(27-2)9-6-15/h3-12H,1-2H3,(H,24,25). The molecule has 0 aliphatic carbocycles. The minimum absolute atomic E-state index is 0.170. The molecule has 1 aromatic heterocycles. The van der Waals surface area contributed by atoms with Crippen LogP contribution < -0.4 is 10.1 Å². The van der Waals surface area contributed by atoms with Crippen LogP contribution in [-0.4, -0.2) is 17.1 Å². The summed E-state index contributed by atoms with van der Waals surface area (Å²) in [6, 6.07) is 18.1. The third-order valence-electron chi connectivity index (χ3n) is 3.90. The largest absolute Gasteiger partial charge is 0.438 e. The summed E-state index contributed by atoms with van der Waals surface area (Å²) in [5, 5.41) is 12.0. The van der Waals surface area contributed by atoms with Gasteiger partial charge in [-0.1, -0.05) is 0 Å². The average molecular weight is 375 g/mol. The molecule has 0 aliphatic rings. The van der Waals surface area contributed by atoms with Gasteiger partial charge in [0.25, 0.3) is 5.91 Å². The van der Waals surface area contributed by atoms with E-state index in [0.29, 0.717) is 22.6 Å². The van der Waals surface area contributed by atoms with Crippen LogP contribution in [0.2, 0.25) is 0 Å². The minimum Gasteiger partial charge on any atom is -0.438 e. The highest BCUT2D eigenvalue weighted by atomic mass is 32.2. The minimum atomic E-state index is -0.170. The van der Waals surface area contributed by atoms with Crippen LogP contribution in [0.1, 0.15) is 21.5 Å². The van der Waals surface area contributed by atoms with E-state index in [1.807, 2.05) is 31.4 Å². The Morgan fingerprint density at radius 1 is 1.19 bits per heavy atom. The zero-order valence-electron chi connectivity index (χ0n) is 14.9. The molecule has 27 heavy (non-hydrogen) atoms. The third kappa shape index (κ3) is 4.46. The number of aryl methyl sites for hydroxylation is 1. The summed E-state index contributed by atoms with van der Waals surface area (Å²) in [6.07, 6.45) is 3.56. The molecule has 0 fully saturated rings. The molecule has 3 aromatic rings. The number of nitrogens with zero attached hydrogens (tertiary/aromatic N) is 2. The fraction of sp³-hybridized carbons (Fsp3) is 0.0952. The van der Waals surface area contributed by atoms with Gasteiger partial charge in [0.05, 0.1) is 0 Å². The van der Waals surface area contributed by atoms with Crippen LogP contribution >= 0.6 is 11.8 Å². The number of nitriles is 1. The van der Waals surface area contributed by atoms with E-state index in [0.717, 1.165) is 10.5 Å². The molecule has 0 saturated carbocycles. The maximum Gasteiger partial charge on any atom is 0.255 e. The van der Waals surface area contributed by atoms with Crippen LogP contribution in [-0.2, 0) is 0 Å². The number of carbonyl (C=O) groups is 1. The van der Waals surface area contributed by atoms with Crippen LogP contribution in [0, 0.1) is 18.3 Å². The lowest BCUT2D eigenvalue weighted by Crippen LogP contribution is -2.12. The fourth-order valence-corrected chi connectivity index (χ4v) is 2.85. The second kappa shape index (κ2) is 8.39. The number of hydrogen-bond donors (Lipinski definition) is 1. The number of ether oxygens (including phenoxy) is 1. The predicted molar refractivity (Wildman–Crippen MR) is 106 cm³/mol. The van der Waals surface area contributed by atoms with E-state index in [1.165, 1.54) is 0 Å². The monoisotopic (exact) mass is 375 g/mol. The summed E-state index contributed by atoms with van der Waals surface area (Å²) in [6.45, 7) is 1.88. The van der Waals surface area contributed by atoms with E-state index < -0.39 is 0 Å². The molecule has 0 bridgehead atoms. The highest BCUT2D eigenvalue weighted by Gasteiger charge is 2.10. The molecule has 6 heteroatoms. The van der Waals surface area contributed by atoms with Crippen LogP contribution in [0.5, 0.6) is 11.6 Å². The first-order chi connectivity index (χ1) is 13.1. The normalized spacial score (nSPS) is 10.1. The number of thioether (sulfide) groups is 1. The van der Waals surface area contributed by atoms with E-state index in [-0.39, 0.29) is 11.8 Å². The summed E-state index contributed by atoms with van der Waals surface area (Å²) in [7, 11) is 0. The van der Waals surface area contributed by atoms with Gasteiger partial charge in [-0.3, -0.25) is 4.79 Å². The van der Waals surface area contributed by atoms with Gasteiger partial charge < -0.3 is 10.1 Å². The molecular weight excluding hydrogens is 358 g/mol. The third-order valence-corrected chi connectivity index (χ3v) is 4.65. The Morgan fingerprint density at radius 3 is 2.63 bits per heavy atom. The lowest BCUT2D eigenvalue weighted by Gasteiger charge is -2.11. The molecular formula is C21H17N3O2S. The van der Waals surface area contributed by atoms with Gasteiger partial charge in [-0.05, 0) is 73.3 Å². The lowest BCUT2D eigenvalue weighted by molar-refractivity contribution is 0.102. The number of carbonyl (C=O) groups excluding carboxylic acids is 1. The summed E-state index contributed by atoms with van der Waals surface area (Å²) < 4.78 is 5.70. The second-order valence-electron chi connectivity index (χ2n) is 5.73. The van der Waals surface area contributed by atoms with E-state index >= 15 is 0 Å². The number of anilines is 1. The lowest BCUT2D eigenvalue weighted by atomic mass is 10.1. The Labute approximate surface area is 162 Å². The first kappa shape index (κ1) is 18.5. The zero-order valence-corrected chi connectivity index (χ0v) is 15.7. The van der Waals surface area contributed by atoms with Crippen molar-refractivity contribution in [1.29, 1.82) is 5.26 Å². The quantitative estimate of drug-likeness (QED) is 0.633. The van der Waals surface area contributed by atoms with Crippen LogP contribution in [0.25, 0.3) is 0 Å². The Balaban J connectivity index is 1.74. The molecule has 0 aliphatic heterocycles. The molecule has 0 unspecified atom stereocenters. The van der Waals surface area contributed by atoms with Gasteiger partial charge in [0.15, 0.2) is 0 Å². The maximum atomic E-state index is 12.4. The van der Waals surface area contributed by atoms with Crippen LogP contribution in [0.3, 0.4) is 0 Å². The van der Waals surface area contributed by atoms with Crippen molar-refractivity contribution in [3.8, 4) is 17.7 Å². The predicted octanol–water partition coefficient (Wildman–Crippen LogP) is 5.03. The molecule has 1 heterocycles. The summed E-state index contributed by atoms with van der Waals surface area (Å²) in [5.41, 5.74) is 2.50. The highest BCUT2D eigenvalue weighted by molar-refractivity contribution is 7.98. The number of hydrogen-bond acceptors (Lipinski definition) is 5. The van der Waals surface area contributed by atoms with Crippen LogP contribution in [0.15, 0.2) is 65.7 Å². The van der Waals surface area contributed by atoms with Crippen molar-refractivity contribution in [1.82, 2.24) is 4.98 Å². The van der Waals surface area contributed by atoms with Gasteiger partial charge in [0.2, 0.25) is 5.88 Å². The van der Waals surface area contributed by atoms with E-state index in [4.69, 9.17) is 10.00 Å². The van der Waals surface area contributed by atoms with Crippen molar-refractivity contribution in [3.63, 3.8) is 0 Å². The van der Waals surface area contributed by atoms with Gasteiger partial charge in [0.1, 0.15) is 17.4 Å². The smallest absolute Gasteiger partial charge is 0.255 e. The number of rotatable bonds is 5. The first-order valence-corrected chi connectivity index (χ1v) is 9.42. The van der Waals surface area contributed by atoms with Crippen LogP contribution in [0.4, 0.5) is 5.69 Å². The topological polar surface area (TPSA) is 75.0 Å². The Hall–Kier alpha value is -3.30.